The van der Waals surface area contributed by atoms with Crippen molar-refractivity contribution in [2.24, 2.45) is 10.7 Å². The zero-order valence-corrected chi connectivity index (χ0v) is 19.0. The van der Waals surface area contributed by atoms with E-state index in [0.717, 1.165) is 23.4 Å². The molecule has 2 aromatic rings. The van der Waals surface area contributed by atoms with Crippen molar-refractivity contribution in [3.05, 3.63) is 35.9 Å². The van der Waals surface area contributed by atoms with Gasteiger partial charge in [0.2, 0.25) is 5.75 Å². The predicted octanol–water partition coefficient (Wildman–Crippen LogP) is 3.42. The van der Waals surface area contributed by atoms with Crippen molar-refractivity contribution in [1.82, 2.24) is 0 Å². The van der Waals surface area contributed by atoms with Crippen LogP contribution in [0.5, 0.6) is 28.7 Å². The van der Waals surface area contributed by atoms with Crippen LogP contribution in [0.25, 0.3) is 0 Å². The minimum absolute atomic E-state index is 0. The fourth-order valence-electron chi connectivity index (χ4n) is 2.83. The van der Waals surface area contributed by atoms with E-state index in [1.54, 1.807) is 21.3 Å². The molecule has 2 aromatic carbocycles. The van der Waals surface area contributed by atoms with Crippen molar-refractivity contribution >= 4 is 35.6 Å². The van der Waals surface area contributed by atoms with Gasteiger partial charge in [0.25, 0.3) is 0 Å². The first kappa shape index (κ1) is 22.7. The summed E-state index contributed by atoms with van der Waals surface area (Å²) >= 11 is 0. The molecule has 9 heteroatoms. The minimum Gasteiger partial charge on any atom is -0.493 e. The Balaban J connectivity index is 0.00000300. The first-order chi connectivity index (χ1) is 13.6. The molecule has 3 N–H and O–H groups in total. The predicted molar refractivity (Wildman–Crippen MR) is 123 cm³/mol. The van der Waals surface area contributed by atoms with Gasteiger partial charge in [0.05, 0.1) is 41.1 Å². The molecular formula is C20H26IN3O5. The Hall–Kier alpha value is -2.56. The summed E-state index contributed by atoms with van der Waals surface area (Å²) in [5, 5.41) is 3.07. The molecular weight excluding hydrogens is 489 g/mol. The largest absolute Gasteiger partial charge is 0.493 e. The fraction of sp³-hybridized carbons (Fsp3) is 0.350. The highest BCUT2D eigenvalue weighted by molar-refractivity contribution is 14.0. The Morgan fingerprint density at radius 3 is 2.28 bits per heavy atom. The summed E-state index contributed by atoms with van der Waals surface area (Å²) < 4.78 is 27.4. The molecule has 0 spiro atoms. The Labute approximate surface area is 187 Å². The Bertz CT molecular complexity index is 835. The number of hydrogen-bond acceptors (Lipinski definition) is 6. The number of nitrogens with zero attached hydrogens (tertiary/aromatic N) is 1. The topological polar surface area (TPSA) is 96.6 Å². The Morgan fingerprint density at radius 2 is 1.66 bits per heavy atom. The highest BCUT2D eigenvalue weighted by atomic mass is 127. The maximum absolute atomic E-state index is 6.04. The lowest BCUT2D eigenvalue weighted by atomic mass is 10.2. The van der Waals surface area contributed by atoms with Gasteiger partial charge in [-0.25, -0.2) is 4.99 Å². The summed E-state index contributed by atoms with van der Waals surface area (Å²) in [6.45, 7) is 1.62. The Kier molecular flexibility index (Phi) is 8.50. The van der Waals surface area contributed by atoms with Crippen molar-refractivity contribution < 1.29 is 23.7 Å². The lowest BCUT2D eigenvalue weighted by molar-refractivity contribution is 0.297. The van der Waals surface area contributed by atoms with Gasteiger partial charge in [-0.15, -0.1) is 24.0 Å². The number of halogens is 1. The van der Waals surface area contributed by atoms with Crippen LogP contribution in [0.2, 0.25) is 0 Å². The summed E-state index contributed by atoms with van der Waals surface area (Å²) in [5.41, 5.74) is 7.68. The van der Waals surface area contributed by atoms with Crippen LogP contribution in [0.15, 0.2) is 35.3 Å². The number of nitrogens with two attached hydrogens (primary N) is 1. The fourth-order valence-corrected chi connectivity index (χ4v) is 2.83. The number of benzene rings is 2. The molecule has 1 aliphatic heterocycles. The Morgan fingerprint density at radius 1 is 1.00 bits per heavy atom. The van der Waals surface area contributed by atoms with Gasteiger partial charge in [-0.1, -0.05) is 0 Å². The summed E-state index contributed by atoms with van der Waals surface area (Å²) in [4.78, 5) is 4.39. The SMILES string of the molecule is COc1cc(CN=C(N)Nc2ccc3c(c2)OCCCO3)cc(OC)c1OC.I. The van der Waals surface area contributed by atoms with Gasteiger partial charge in [-0.3, -0.25) is 0 Å². The van der Waals surface area contributed by atoms with E-state index in [4.69, 9.17) is 29.4 Å². The highest BCUT2D eigenvalue weighted by Gasteiger charge is 2.13. The van der Waals surface area contributed by atoms with Crippen molar-refractivity contribution in [3.63, 3.8) is 0 Å². The number of nitrogens with one attached hydrogen (secondary N) is 1. The number of fused-ring (bicyclic) bond motifs is 1. The van der Waals surface area contributed by atoms with Gasteiger partial charge in [0.15, 0.2) is 29.0 Å². The van der Waals surface area contributed by atoms with Crippen LogP contribution >= 0.6 is 24.0 Å². The quantitative estimate of drug-likeness (QED) is 0.346. The van der Waals surface area contributed by atoms with E-state index in [9.17, 15) is 0 Å². The van der Waals surface area contributed by atoms with Gasteiger partial charge < -0.3 is 34.7 Å². The molecule has 158 valence electrons. The molecule has 3 rings (SSSR count). The number of rotatable bonds is 6. The molecule has 0 unspecified atom stereocenters. The van der Waals surface area contributed by atoms with Crippen LogP contribution in [0.4, 0.5) is 5.69 Å². The van der Waals surface area contributed by atoms with Crippen molar-refractivity contribution in [2.75, 3.05) is 39.9 Å². The number of hydrogen-bond donors (Lipinski definition) is 2. The van der Waals surface area contributed by atoms with E-state index in [1.807, 2.05) is 30.3 Å². The molecule has 0 aliphatic carbocycles. The van der Waals surface area contributed by atoms with Crippen LogP contribution in [-0.2, 0) is 6.54 Å². The maximum Gasteiger partial charge on any atom is 0.203 e. The van der Waals surface area contributed by atoms with E-state index < -0.39 is 0 Å². The summed E-state index contributed by atoms with van der Waals surface area (Å²) in [5.74, 6) is 3.39. The van der Waals surface area contributed by atoms with Gasteiger partial charge in [-0.2, -0.15) is 0 Å². The monoisotopic (exact) mass is 515 g/mol. The first-order valence-electron chi connectivity index (χ1n) is 8.90. The molecule has 0 radical (unpaired) electrons. The minimum atomic E-state index is 0. The second-order valence-corrected chi connectivity index (χ2v) is 6.07. The third-order valence-electron chi connectivity index (χ3n) is 4.18. The summed E-state index contributed by atoms with van der Waals surface area (Å²) in [7, 11) is 4.71. The second kappa shape index (κ2) is 10.8. The zero-order valence-electron chi connectivity index (χ0n) is 16.7. The van der Waals surface area contributed by atoms with Gasteiger partial charge in [0, 0.05) is 18.2 Å². The maximum atomic E-state index is 6.04. The molecule has 0 aromatic heterocycles. The zero-order chi connectivity index (χ0) is 19.9. The number of aliphatic imine (C=N–C) groups is 1. The smallest absolute Gasteiger partial charge is 0.203 e. The first-order valence-corrected chi connectivity index (χ1v) is 8.90. The van der Waals surface area contributed by atoms with E-state index >= 15 is 0 Å². The van der Waals surface area contributed by atoms with E-state index in [1.165, 1.54) is 0 Å². The molecule has 29 heavy (non-hydrogen) atoms. The van der Waals surface area contributed by atoms with Crippen molar-refractivity contribution in [3.8, 4) is 28.7 Å². The highest BCUT2D eigenvalue weighted by Crippen LogP contribution is 2.38. The summed E-state index contributed by atoms with van der Waals surface area (Å²) in [6, 6.07) is 9.25. The van der Waals surface area contributed by atoms with Crippen LogP contribution in [-0.4, -0.2) is 40.5 Å². The third-order valence-corrected chi connectivity index (χ3v) is 4.18. The van der Waals surface area contributed by atoms with E-state index in [0.29, 0.717) is 42.8 Å². The molecule has 0 saturated heterocycles. The lowest BCUT2D eigenvalue weighted by Gasteiger charge is -2.14. The molecule has 0 bridgehead atoms. The number of guanidine groups is 1. The van der Waals surface area contributed by atoms with Crippen LogP contribution in [0, 0.1) is 0 Å². The van der Waals surface area contributed by atoms with Gasteiger partial charge in [0.1, 0.15) is 0 Å². The molecule has 0 saturated carbocycles. The lowest BCUT2D eigenvalue weighted by Crippen LogP contribution is -2.22. The average molecular weight is 515 g/mol. The van der Waals surface area contributed by atoms with Crippen LogP contribution in [0.1, 0.15) is 12.0 Å². The van der Waals surface area contributed by atoms with E-state index in [2.05, 4.69) is 10.3 Å². The van der Waals surface area contributed by atoms with Crippen molar-refractivity contribution in [1.29, 1.82) is 0 Å². The molecule has 1 heterocycles. The molecule has 0 amide bonds. The van der Waals surface area contributed by atoms with Crippen LogP contribution in [0.3, 0.4) is 0 Å². The van der Waals surface area contributed by atoms with Gasteiger partial charge >= 0.3 is 0 Å². The number of anilines is 1. The van der Waals surface area contributed by atoms with Gasteiger partial charge in [-0.05, 0) is 29.8 Å². The normalized spacial score (nSPS) is 13.0. The summed E-state index contributed by atoms with van der Waals surface area (Å²) in [6.07, 6.45) is 0.857. The average Bonchev–Trinajstić information content (AvgIpc) is 2.96. The molecule has 1 aliphatic rings. The van der Waals surface area contributed by atoms with Crippen LogP contribution < -0.4 is 34.7 Å². The number of methoxy groups -OCH3 is 3. The molecule has 8 nitrogen and oxygen atoms in total. The van der Waals surface area contributed by atoms with E-state index in [-0.39, 0.29) is 29.9 Å². The number of ether oxygens (including phenoxy) is 5. The van der Waals surface area contributed by atoms with Crippen molar-refractivity contribution in [2.45, 2.75) is 13.0 Å². The standard InChI is InChI=1S/C20H25N3O5.HI/c1-24-17-9-13(10-18(25-2)19(17)26-3)12-22-20(21)23-14-5-6-15-16(11-14)28-8-4-7-27-15;/h5-6,9-11H,4,7-8,12H2,1-3H3,(H3,21,22,23);1H. The third kappa shape index (κ3) is 5.72. The second-order valence-electron chi connectivity index (χ2n) is 6.07. The molecule has 0 fully saturated rings. The molecule has 0 atom stereocenters.